The topological polar surface area (TPSA) is 38.9 Å². The quantitative estimate of drug-likeness (QED) is 0.923. The van der Waals surface area contributed by atoms with Crippen LogP contribution in [0.4, 0.5) is 4.39 Å². The Balaban J connectivity index is 2.41. The van der Waals surface area contributed by atoms with Crippen molar-refractivity contribution in [3.05, 3.63) is 50.1 Å². The second-order valence-corrected chi connectivity index (χ2v) is 5.33. The molecule has 1 aromatic carbocycles. The van der Waals surface area contributed by atoms with Gasteiger partial charge in [0.15, 0.2) is 0 Å². The van der Waals surface area contributed by atoms with Crippen LogP contribution < -0.4 is 5.73 Å². The molecule has 5 heteroatoms. The fourth-order valence-corrected chi connectivity index (χ4v) is 2.47. The van der Waals surface area contributed by atoms with Gasteiger partial charge in [-0.1, -0.05) is 12.1 Å². The molecule has 2 N–H and O–H groups in total. The zero-order valence-electron chi connectivity index (χ0n) is 8.58. The van der Waals surface area contributed by atoms with Crippen molar-refractivity contribution in [1.82, 2.24) is 4.98 Å². The van der Waals surface area contributed by atoms with E-state index in [4.69, 9.17) is 5.73 Å². The number of rotatable bonds is 2. The van der Waals surface area contributed by atoms with Crippen LogP contribution >= 0.6 is 27.3 Å². The maximum Gasteiger partial charge on any atom is 0.142 e. The number of nitrogens with two attached hydrogens (primary N) is 1. The van der Waals surface area contributed by atoms with Gasteiger partial charge >= 0.3 is 0 Å². The van der Waals surface area contributed by atoms with E-state index in [0.29, 0.717) is 15.7 Å². The number of benzene rings is 1. The minimum Gasteiger partial charge on any atom is -0.319 e. The summed E-state index contributed by atoms with van der Waals surface area (Å²) in [5.74, 6) is -0.319. The molecule has 0 fully saturated rings. The monoisotopic (exact) mass is 300 g/mol. The standard InChI is InChI=1S/C11H10BrFN2S/c1-6-15-9(5-16-6)11(14)7-3-2-4-8(12)10(7)13/h2-5,11H,14H2,1H3. The highest BCUT2D eigenvalue weighted by Gasteiger charge is 2.17. The number of thiazole rings is 1. The van der Waals surface area contributed by atoms with Crippen LogP contribution in [-0.2, 0) is 0 Å². The average Bonchev–Trinajstić information content (AvgIpc) is 2.68. The molecule has 1 aromatic heterocycles. The Morgan fingerprint density at radius 1 is 1.50 bits per heavy atom. The molecule has 16 heavy (non-hydrogen) atoms. The zero-order chi connectivity index (χ0) is 11.7. The summed E-state index contributed by atoms with van der Waals surface area (Å²) in [7, 11) is 0. The van der Waals surface area contributed by atoms with Crippen molar-refractivity contribution in [2.45, 2.75) is 13.0 Å². The molecule has 1 atom stereocenters. The Labute approximate surface area is 105 Å². The molecular formula is C11H10BrFN2S. The van der Waals surface area contributed by atoms with Crippen molar-refractivity contribution in [2.24, 2.45) is 5.73 Å². The second-order valence-electron chi connectivity index (χ2n) is 3.41. The van der Waals surface area contributed by atoms with Gasteiger partial charge in [0, 0.05) is 10.9 Å². The molecule has 0 saturated carbocycles. The van der Waals surface area contributed by atoms with Crippen LogP contribution in [0.3, 0.4) is 0 Å². The van der Waals surface area contributed by atoms with Crippen LogP contribution in [0.25, 0.3) is 0 Å². The van der Waals surface area contributed by atoms with Crippen LogP contribution in [0.5, 0.6) is 0 Å². The van der Waals surface area contributed by atoms with Crippen LogP contribution in [0.2, 0.25) is 0 Å². The van der Waals surface area contributed by atoms with Gasteiger partial charge in [-0.15, -0.1) is 11.3 Å². The zero-order valence-corrected chi connectivity index (χ0v) is 11.0. The number of hydrogen-bond donors (Lipinski definition) is 1. The Bertz CT molecular complexity index is 512. The number of hydrogen-bond acceptors (Lipinski definition) is 3. The van der Waals surface area contributed by atoms with Gasteiger partial charge in [0.2, 0.25) is 0 Å². The molecule has 0 aliphatic heterocycles. The molecular weight excluding hydrogens is 291 g/mol. The van der Waals surface area contributed by atoms with E-state index in [1.54, 1.807) is 18.2 Å². The molecule has 0 aliphatic rings. The van der Waals surface area contributed by atoms with Crippen molar-refractivity contribution < 1.29 is 4.39 Å². The van der Waals surface area contributed by atoms with E-state index in [1.165, 1.54) is 11.3 Å². The molecule has 0 saturated heterocycles. The minimum atomic E-state index is -0.512. The Hall–Kier alpha value is -0.780. The first-order chi connectivity index (χ1) is 7.59. The van der Waals surface area contributed by atoms with E-state index in [9.17, 15) is 4.39 Å². The normalized spacial score (nSPS) is 12.8. The first kappa shape index (κ1) is 11.7. The van der Waals surface area contributed by atoms with Gasteiger partial charge in [-0.05, 0) is 28.9 Å². The molecule has 0 spiro atoms. The minimum absolute atomic E-state index is 0.319. The fraction of sp³-hybridized carbons (Fsp3) is 0.182. The predicted molar refractivity (Wildman–Crippen MR) is 67.0 cm³/mol. The summed E-state index contributed by atoms with van der Waals surface area (Å²) in [5.41, 5.74) is 7.15. The molecule has 1 heterocycles. The van der Waals surface area contributed by atoms with Crippen LogP contribution in [0.15, 0.2) is 28.1 Å². The van der Waals surface area contributed by atoms with Crippen molar-refractivity contribution in [3.63, 3.8) is 0 Å². The SMILES string of the molecule is Cc1nc(C(N)c2cccc(Br)c2F)cs1. The third-order valence-corrected chi connectivity index (χ3v) is 3.68. The maximum atomic E-state index is 13.8. The van der Waals surface area contributed by atoms with Gasteiger partial charge in [0.25, 0.3) is 0 Å². The largest absolute Gasteiger partial charge is 0.319 e. The summed E-state index contributed by atoms with van der Waals surface area (Å²) in [5, 5.41) is 2.79. The summed E-state index contributed by atoms with van der Waals surface area (Å²) >= 11 is 4.66. The molecule has 2 aromatic rings. The van der Waals surface area contributed by atoms with Crippen molar-refractivity contribution >= 4 is 27.3 Å². The third-order valence-electron chi connectivity index (χ3n) is 2.27. The summed E-state index contributed by atoms with van der Waals surface area (Å²) < 4.78 is 14.2. The van der Waals surface area contributed by atoms with Gasteiger partial charge in [0.1, 0.15) is 5.82 Å². The van der Waals surface area contributed by atoms with Gasteiger partial charge in [0.05, 0.1) is 21.2 Å². The fourth-order valence-electron chi connectivity index (χ4n) is 1.44. The lowest BCUT2D eigenvalue weighted by atomic mass is 10.1. The van der Waals surface area contributed by atoms with Crippen molar-refractivity contribution in [2.75, 3.05) is 0 Å². The predicted octanol–water partition coefficient (Wildman–Crippen LogP) is 3.40. The van der Waals surface area contributed by atoms with E-state index in [1.807, 2.05) is 12.3 Å². The van der Waals surface area contributed by atoms with Gasteiger partial charge in [-0.3, -0.25) is 0 Å². The lowest BCUT2D eigenvalue weighted by Gasteiger charge is -2.11. The van der Waals surface area contributed by atoms with E-state index < -0.39 is 6.04 Å². The molecule has 2 rings (SSSR count). The summed E-state index contributed by atoms with van der Waals surface area (Å²) in [6, 6.07) is 4.58. The highest BCUT2D eigenvalue weighted by Crippen LogP contribution is 2.27. The number of aryl methyl sites for hydroxylation is 1. The Morgan fingerprint density at radius 2 is 2.25 bits per heavy atom. The smallest absolute Gasteiger partial charge is 0.142 e. The highest BCUT2D eigenvalue weighted by molar-refractivity contribution is 9.10. The summed E-state index contributed by atoms with van der Waals surface area (Å²) in [4.78, 5) is 4.27. The van der Waals surface area contributed by atoms with Gasteiger partial charge in [-0.2, -0.15) is 0 Å². The van der Waals surface area contributed by atoms with Crippen molar-refractivity contribution in [3.8, 4) is 0 Å². The van der Waals surface area contributed by atoms with Crippen LogP contribution in [0.1, 0.15) is 22.3 Å². The van der Waals surface area contributed by atoms with Gasteiger partial charge < -0.3 is 5.73 Å². The lowest BCUT2D eigenvalue weighted by Crippen LogP contribution is -2.14. The highest BCUT2D eigenvalue weighted by atomic mass is 79.9. The summed E-state index contributed by atoms with van der Waals surface area (Å²) in [6.45, 7) is 1.90. The van der Waals surface area contributed by atoms with E-state index >= 15 is 0 Å². The van der Waals surface area contributed by atoms with Gasteiger partial charge in [-0.25, -0.2) is 9.37 Å². The van der Waals surface area contributed by atoms with E-state index in [2.05, 4.69) is 20.9 Å². The Morgan fingerprint density at radius 3 is 2.88 bits per heavy atom. The number of aromatic nitrogens is 1. The third kappa shape index (κ3) is 2.16. The molecule has 0 amide bonds. The Kier molecular flexibility index (Phi) is 3.37. The molecule has 1 unspecified atom stereocenters. The molecule has 0 aliphatic carbocycles. The second kappa shape index (κ2) is 4.61. The van der Waals surface area contributed by atoms with Crippen LogP contribution in [-0.4, -0.2) is 4.98 Å². The first-order valence-corrected chi connectivity index (χ1v) is 6.38. The number of halogens is 2. The molecule has 0 radical (unpaired) electrons. The summed E-state index contributed by atoms with van der Waals surface area (Å²) in [6.07, 6.45) is 0. The maximum absolute atomic E-state index is 13.8. The average molecular weight is 301 g/mol. The first-order valence-electron chi connectivity index (χ1n) is 4.71. The molecule has 84 valence electrons. The number of nitrogens with zero attached hydrogens (tertiary/aromatic N) is 1. The van der Waals surface area contributed by atoms with E-state index in [0.717, 1.165) is 5.01 Å². The molecule has 0 bridgehead atoms. The lowest BCUT2D eigenvalue weighted by molar-refractivity contribution is 0.591. The van der Waals surface area contributed by atoms with E-state index in [-0.39, 0.29) is 5.82 Å². The molecule has 2 nitrogen and oxygen atoms in total. The van der Waals surface area contributed by atoms with Crippen LogP contribution in [0, 0.1) is 12.7 Å². The van der Waals surface area contributed by atoms with Crippen molar-refractivity contribution in [1.29, 1.82) is 0 Å².